The minimum Gasteiger partial charge on any atom is -0.489 e. The van der Waals surface area contributed by atoms with Gasteiger partial charge in [0.15, 0.2) is 0 Å². The molecule has 0 saturated heterocycles. The van der Waals surface area contributed by atoms with Crippen LogP contribution in [0.1, 0.15) is 5.56 Å². The van der Waals surface area contributed by atoms with Gasteiger partial charge in [-0.05, 0) is 52.9 Å². The van der Waals surface area contributed by atoms with Crippen molar-refractivity contribution in [3.8, 4) is 5.75 Å². The van der Waals surface area contributed by atoms with Gasteiger partial charge in [-0.15, -0.1) is 0 Å². The highest BCUT2D eigenvalue weighted by molar-refractivity contribution is 14.1. The number of hydrogen-bond donors (Lipinski definition) is 1. The van der Waals surface area contributed by atoms with Gasteiger partial charge in [-0.3, -0.25) is 10.1 Å². The molecular weight excluding hydrogens is 359 g/mol. The summed E-state index contributed by atoms with van der Waals surface area (Å²) in [7, 11) is 0. The Morgan fingerprint density at radius 1 is 1.21 bits per heavy atom. The number of ether oxygens (including phenoxy) is 1. The van der Waals surface area contributed by atoms with Gasteiger partial charge in [-0.25, -0.2) is 0 Å². The molecule has 2 aromatic rings. The average Bonchev–Trinajstić information content (AvgIpc) is 2.39. The monoisotopic (exact) mass is 370 g/mol. The summed E-state index contributed by atoms with van der Waals surface area (Å²) in [6, 6.07) is 11.9. The molecule has 6 heteroatoms. The summed E-state index contributed by atoms with van der Waals surface area (Å²) in [4.78, 5) is 10.2. The van der Waals surface area contributed by atoms with E-state index in [-0.39, 0.29) is 12.3 Å². The fourth-order valence-corrected chi connectivity index (χ4v) is 1.88. The zero-order valence-electron chi connectivity index (χ0n) is 9.88. The maximum Gasteiger partial charge on any atom is 0.269 e. The average molecular weight is 370 g/mol. The number of anilines is 1. The van der Waals surface area contributed by atoms with E-state index in [0.29, 0.717) is 17.0 Å². The van der Waals surface area contributed by atoms with Crippen LogP contribution in [0.15, 0.2) is 42.5 Å². The number of nitro benzene ring substituents is 1. The Morgan fingerprint density at radius 3 is 2.53 bits per heavy atom. The molecule has 0 aliphatic heterocycles. The van der Waals surface area contributed by atoms with E-state index < -0.39 is 4.92 Å². The molecule has 0 aromatic heterocycles. The number of nitrogen functional groups attached to an aromatic ring is 1. The fraction of sp³-hybridized carbons (Fsp3) is 0.0769. The van der Waals surface area contributed by atoms with Crippen molar-refractivity contribution in [3.63, 3.8) is 0 Å². The van der Waals surface area contributed by atoms with E-state index >= 15 is 0 Å². The van der Waals surface area contributed by atoms with E-state index in [1.165, 1.54) is 18.2 Å². The molecule has 98 valence electrons. The van der Waals surface area contributed by atoms with Crippen molar-refractivity contribution in [2.24, 2.45) is 0 Å². The van der Waals surface area contributed by atoms with Gasteiger partial charge < -0.3 is 10.5 Å². The third-order valence-electron chi connectivity index (χ3n) is 2.55. The molecule has 0 heterocycles. The quantitative estimate of drug-likeness (QED) is 0.388. The van der Waals surface area contributed by atoms with Crippen LogP contribution in [0.3, 0.4) is 0 Å². The number of non-ortho nitro benzene ring substituents is 1. The van der Waals surface area contributed by atoms with E-state index in [1.807, 2.05) is 24.3 Å². The summed E-state index contributed by atoms with van der Waals surface area (Å²) in [5.74, 6) is 0.700. The summed E-state index contributed by atoms with van der Waals surface area (Å²) < 4.78 is 6.67. The first-order valence-electron chi connectivity index (χ1n) is 5.47. The van der Waals surface area contributed by atoms with Gasteiger partial charge in [-0.2, -0.15) is 0 Å². The van der Waals surface area contributed by atoms with Gasteiger partial charge in [0.25, 0.3) is 5.69 Å². The SMILES string of the molecule is Nc1ccc([N+](=O)[O-])cc1COc1ccc(I)cc1. The Hall–Kier alpha value is -1.83. The van der Waals surface area contributed by atoms with Crippen LogP contribution in [-0.2, 0) is 6.61 Å². The van der Waals surface area contributed by atoms with Gasteiger partial charge >= 0.3 is 0 Å². The molecule has 0 amide bonds. The molecule has 0 aliphatic rings. The first kappa shape index (κ1) is 13.6. The highest BCUT2D eigenvalue weighted by atomic mass is 127. The Kier molecular flexibility index (Phi) is 4.20. The summed E-state index contributed by atoms with van der Waals surface area (Å²) in [5.41, 5.74) is 6.87. The lowest BCUT2D eigenvalue weighted by Gasteiger charge is -2.08. The van der Waals surface area contributed by atoms with Crippen molar-refractivity contribution < 1.29 is 9.66 Å². The van der Waals surface area contributed by atoms with E-state index in [9.17, 15) is 10.1 Å². The van der Waals surface area contributed by atoms with Gasteiger partial charge in [0.05, 0.1) is 4.92 Å². The summed E-state index contributed by atoms with van der Waals surface area (Å²) in [5, 5.41) is 10.7. The molecule has 2 N–H and O–H groups in total. The van der Waals surface area contributed by atoms with Crippen LogP contribution in [0.25, 0.3) is 0 Å². The fourth-order valence-electron chi connectivity index (χ4n) is 1.52. The van der Waals surface area contributed by atoms with Crippen LogP contribution in [0.2, 0.25) is 0 Å². The largest absolute Gasteiger partial charge is 0.489 e. The molecule has 2 rings (SSSR count). The first-order chi connectivity index (χ1) is 9.06. The van der Waals surface area contributed by atoms with Gasteiger partial charge in [-0.1, -0.05) is 0 Å². The first-order valence-corrected chi connectivity index (χ1v) is 6.55. The Bertz CT molecular complexity index is 599. The van der Waals surface area contributed by atoms with Crippen LogP contribution < -0.4 is 10.5 Å². The zero-order chi connectivity index (χ0) is 13.8. The molecule has 0 aliphatic carbocycles. The minimum atomic E-state index is -0.451. The molecule has 0 unspecified atom stereocenters. The third kappa shape index (κ3) is 3.57. The molecule has 0 bridgehead atoms. The number of nitrogens with two attached hydrogens (primary N) is 1. The maximum absolute atomic E-state index is 10.7. The number of halogens is 1. The van der Waals surface area contributed by atoms with E-state index in [4.69, 9.17) is 10.5 Å². The summed E-state index contributed by atoms with van der Waals surface area (Å²) in [6.07, 6.45) is 0. The highest BCUT2D eigenvalue weighted by Crippen LogP contribution is 2.22. The molecule has 0 atom stereocenters. The molecule has 0 radical (unpaired) electrons. The topological polar surface area (TPSA) is 78.4 Å². The van der Waals surface area contributed by atoms with Crippen LogP contribution in [0.5, 0.6) is 5.75 Å². The lowest BCUT2D eigenvalue weighted by molar-refractivity contribution is -0.384. The van der Waals surface area contributed by atoms with E-state index in [1.54, 1.807) is 0 Å². The molecule has 2 aromatic carbocycles. The zero-order valence-corrected chi connectivity index (χ0v) is 12.0. The smallest absolute Gasteiger partial charge is 0.269 e. The Balaban J connectivity index is 2.12. The lowest BCUT2D eigenvalue weighted by atomic mass is 10.1. The van der Waals surface area contributed by atoms with Crippen molar-refractivity contribution in [3.05, 3.63) is 61.7 Å². The van der Waals surface area contributed by atoms with Crippen LogP contribution in [0.4, 0.5) is 11.4 Å². The highest BCUT2D eigenvalue weighted by Gasteiger charge is 2.09. The van der Waals surface area contributed by atoms with Gasteiger partial charge in [0.2, 0.25) is 0 Å². The summed E-state index contributed by atoms with van der Waals surface area (Å²) >= 11 is 2.20. The normalized spacial score (nSPS) is 10.2. The number of hydrogen-bond acceptors (Lipinski definition) is 4. The Labute approximate surface area is 123 Å². The van der Waals surface area contributed by atoms with Gasteiger partial charge in [0, 0.05) is 27.0 Å². The number of benzene rings is 2. The second-order valence-electron chi connectivity index (χ2n) is 3.88. The van der Waals surface area contributed by atoms with Crippen LogP contribution in [-0.4, -0.2) is 4.92 Å². The molecule has 19 heavy (non-hydrogen) atoms. The molecule has 5 nitrogen and oxygen atoms in total. The van der Waals surface area contributed by atoms with E-state index in [2.05, 4.69) is 22.6 Å². The van der Waals surface area contributed by atoms with Crippen molar-refractivity contribution >= 4 is 34.0 Å². The second-order valence-corrected chi connectivity index (χ2v) is 5.13. The number of nitrogens with zero attached hydrogens (tertiary/aromatic N) is 1. The van der Waals surface area contributed by atoms with E-state index in [0.717, 1.165) is 3.57 Å². The van der Waals surface area contributed by atoms with Crippen LogP contribution in [0, 0.1) is 13.7 Å². The Morgan fingerprint density at radius 2 is 1.89 bits per heavy atom. The van der Waals surface area contributed by atoms with Crippen molar-refractivity contribution in [1.29, 1.82) is 0 Å². The van der Waals surface area contributed by atoms with Crippen molar-refractivity contribution in [2.75, 3.05) is 5.73 Å². The van der Waals surface area contributed by atoms with Gasteiger partial charge in [0.1, 0.15) is 12.4 Å². The third-order valence-corrected chi connectivity index (χ3v) is 3.26. The molecule has 0 spiro atoms. The number of rotatable bonds is 4. The molecule has 0 saturated carbocycles. The maximum atomic E-state index is 10.7. The second kappa shape index (κ2) is 5.87. The van der Waals surface area contributed by atoms with Crippen molar-refractivity contribution in [2.45, 2.75) is 6.61 Å². The predicted molar refractivity (Wildman–Crippen MR) is 81.0 cm³/mol. The number of nitro groups is 1. The predicted octanol–water partition coefficient (Wildman–Crippen LogP) is 3.36. The summed E-state index contributed by atoms with van der Waals surface area (Å²) in [6.45, 7) is 0.202. The van der Waals surface area contributed by atoms with Crippen molar-refractivity contribution in [1.82, 2.24) is 0 Å². The standard InChI is InChI=1S/C13H11IN2O3/c14-10-1-4-12(5-2-10)19-8-9-7-11(16(17)18)3-6-13(9)15/h1-7H,8,15H2. The minimum absolute atomic E-state index is 0.00964. The van der Waals surface area contributed by atoms with Crippen LogP contribution >= 0.6 is 22.6 Å². The molecule has 0 fully saturated rings. The lowest BCUT2D eigenvalue weighted by Crippen LogP contribution is -2.01. The molecular formula is C13H11IN2O3.